The maximum absolute atomic E-state index is 13.5. The second-order valence-corrected chi connectivity index (χ2v) is 8.58. The molecular weight excluding hydrogens is 371 g/mol. The zero-order valence-corrected chi connectivity index (χ0v) is 16.6. The minimum atomic E-state index is -0.985. The Kier molecular flexibility index (Phi) is 4.41. The van der Waals surface area contributed by atoms with Crippen LogP contribution in [0.4, 0.5) is 10.1 Å². The van der Waals surface area contributed by atoms with Gasteiger partial charge in [-0.2, -0.15) is 0 Å². The van der Waals surface area contributed by atoms with Crippen LogP contribution in [0, 0.1) is 12.8 Å². The molecule has 7 heteroatoms. The fourth-order valence-corrected chi connectivity index (χ4v) is 5.12. The number of halogens is 1. The Morgan fingerprint density at radius 2 is 2.03 bits per heavy atom. The molecule has 5 rings (SSSR count). The Morgan fingerprint density at radius 1 is 1.17 bits per heavy atom. The molecule has 1 amide bonds. The number of aromatic nitrogens is 2. The maximum Gasteiger partial charge on any atom is 0.263 e. The highest BCUT2D eigenvalue weighted by atomic mass is 19.1. The van der Waals surface area contributed by atoms with Gasteiger partial charge in [0.2, 0.25) is 0 Å². The highest BCUT2D eigenvalue weighted by Crippen LogP contribution is 2.37. The van der Waals surface area contributed by atoms with Crippen LogP contribution < -0.4 is 10.5 Å². The molecule has 2 aromatic heterocycles. The lowest BCUT2D eigenvalue weighted by Crippen LogP contribution is -2.48. The van der Waals surface area contributed by atoms with Crippen LogP contribution in [0.15, 0.2) is 35.3 Å². The molecule has 2 saturated heterocycles. The van der Waals surface area contributed by atoms with E-state index in [1.807, 2.05) is 25.3 Å². The van der Waals surface area contributed by atoms with Gasteiger partial charge in [0, 0.05) is 55.4 Å². The first-order valence-electron chi connectivity index (χ1n) is 10.3. The van der Waals surface area contributed by atoms with Crippen LogP contribution >= 0.6 is 0 Å². The Bertz CT molecular complexity index is 1020. The van der Waals surface area contributed by atoms with E-state index in [2.05, 4.69) is 16.0 Å². The third kappa shape index (κ3) is 3.22. The van der Waals surface area contributed by atoms with E-state index >= 15 is 0 Å². The van der Waals surface area contributed by atoms with Crippen molar-refractivity contribution < 1.29 is 9.18 Å². The van der Waals surface area contributed by atoms with E-state index < -0.39 is 6.17 Å². The first kappa shape index (κ1) is 18.3. The molecule has 2 aromatic rings. The smallest absolute Gasteiger partial charge is 0.263 e. The van der Waals surface area contributed by atoms with Gasteiger partial charge in [-0.05, 0) is 49.9 Å². The van der Waals surface area contributed by atoms with E-state index in [1.54, 1.807) is 10.6 Å². The van der Waals surface area contributed by atoms with Crippen LogP contribution in [0.25, 0.3) is 0 Å². The van der Waals surface area contributed by atoms with Gasteiger partial charge in [0.25, 0.3) is 11.5 Å². The number of hydrogen-bond donors (Lipinski definition) is 0. The first-order chi connectivity index (χ1) is 14.0. The number of piperidine rings is 1. The van der Waals surface area contributed by atoms with Crippen LogP contribution in [0.2, 0.25) is 0 Å². The van der Waals surface area contributed by atoms with E-state index in [-0.39, 0.29) is 29.5 Å². The Hall–Kier alpha value is -2.70. The van der Waals surface area contributed by atoms with Crippen molar-refractivity contribution in [2.75, 3.05) is 31.1 Å². The molecule has 2 fully saturated rings. The predicted octanol–water partition coefficient (Wildman–Crippen LogP) is 2.36. The zero-order chi connectivity index (χ0) is 20.1. The van der Waals surface area contributed by atoms with Crippen LogP contribution in [0.3, 0.4) is 0 Å². The number of carbonyl (C=O) groups is 1. The van der Waals surface area contributed by atoms with Gasteiger partial charge in [0.15, 0.2) is 0 Å². The van der Waals surface area contributed by atoms with Crippen molar-refractivity contribution in [3.8, 4) is 0 Å². The van der Waals surface area contributed by atoms with Gasteiger partial charge in [0.05, 0.1) is 6.54 Å². The van der Waals surface area contributed by atoms with E-state index in [1.165, 1.54) is 10.6 Å². The summed E-state index contributed by atoms with van der Waals surface area (Å²) in [6.07, 6.45) is 2.27. The number of fused-ring (bicyclic) bond motifs is 4. The van der Waals surface area contributed by atoms with Gasteiger partial charge < -0.3 is 14.4 Å². The normalized spacial score (nSPS) is 25.8. The molecule has 29 heavy (non-hydrogen) atoms. The van der Waals surface area contributed by atoms with Crippen molar-refractivity contribution in [2.45, 2.75) is 38.4 Å². The number of amides is 1. The minimum Gasteiger partial charge on any atom is -0.370 e. The van der Waals surface area contributed by atoms with Crippen LogP contribution in [-0.2, 0) is 6.54 Å². The van der Waals surface area contributed by atoms with Crippen molar-refractivity contribution in [3.63, 3.8) is 0 Å². The van der Waals surface area contributed by atoms with Gasteiger partial charge in [0.1, 0.15) is 11.7 Å². The fraction of sp³-hybridized carbons (Fsp3) is 0.500. The van der Waals surface area contributed by atoms with E-state index in [0.29, 0.717) is 25.4 Å². The monoisotopic (exact) mass is 396 g/mol. The standard InChI is InChI=1S/C22H25FN4O2/c1-14-8-18(4-6-24-14)26-10-15-9-16(12-26)20-3-2-19(22(29)27(20)11-15)21(28)25-7-5-17(23)13-25/h2-4,6,8,15-17H,5,7,9-13H2,1H3/t15-,16+,17-/m0/s1. The lowest BCUT2D eigenvalue weighted by atomic mass is 9.82. The number of carbonyl (C=O) groups excluding carboxylic acids is 1. The number of anilines is 1. The number of alkyl halides is 1. The summed E-state index contributed by atoms with van der Waals surface area (Å²) >= 11 is 0. The van der Waals surface area contributed by atoms with Crippen molar-refractivity contribution in [3.05, 3.63) is 57.8 Å². The topological polar surface area (TPSA) is 58.4 Å². The number of pyridine rings is 2. The third-order valence-electron chi connectivity index (χ3n) is 6.50. The summed E-state index contributed by atoms with van der Waals surface area (Å²) in [5.41, 5.74) is 3.12. The molecule has 3 aliphatic heterocycles. The van der Waals surface area contributed by atoms with E-state index in [4.69, 9.17) is 0 Å². The number of rotatable bonds is 2. The molecule has 5 heterocycles. The highest BCUT2D eigenvalue weighted by molar-refractivity contribution is 5.94. The maximum atomic E-state index is 13.5. The minimum absolute atomic E-state index is 0.0889. The molecule has 3 atom stereocenters. The van der Waals surface area contributed by atoms with Crippen molar-refractivity contribution in [1.29, 1.82) is 0 Å². The molecule has 0 aliphatic carbocycles. The molecule has 2 bridgehead atoms. The molecule has 0 spiro atoms. The second kappa shape index (κ2) is 6.97. The quantitative estimate of drug-likeness (QED) is 0.782. The summed E-state index contributed by atoms with van der Waals surface area (Å²) in [6, 6.07) is 7.72. The fourth-order valence-electron chi connectivity index (χ4n) is 5.12. The van der Waals surface area contributed by atoms with E-state index in [9.17, 15) is 14.0 Å². The zero-order valence-electron chi connectivity index (χ0n) is 16.6. The van der Waals surface area contributed by atoms with Crippen molar-refractivity contribution in [2.24, 2.45) is 5.92 Å². The van der Waals surface area contributed by atoms with Crippen LogP contribution in [0.1, 0.15) is 40.5 Å². The first-order valence-corrected chi connectivity index (χ1v) is 10.3. The van der Waals surface area contributed by atoms with Crippen molar-refractivity contribution >= 4 is 11.6 Å². The van der Waals surface area contributed by atoms with Gasteiger partial charge in [-0.15, -0.1) is 0 Å². The summed E-state index contributed by atoms with van der Waals surface area (Å²) in [5, 5.41) is 0. The third-order valence-corrected chi connectivity index (χ3v) is 6.50. The SMILES string of the molecule is Cc1cc(N2C[C@@H]3C[C@H](C2)c2ccc(C(=O)N4CC[C@H](F)C4)c(=O)n2C3)ccn1. The van der Waals surface area contributed by atoms with Gasteiger partial charge in [-0.25, -0.2) is 4.39 Å². The summed E-state index contributed by atoms with van der Waals surface area (Å²) in [6.45, 7) is 4.82. The summed E-state index contributed by atoms with van der Waals surface area (Å²) < 4.78 is 15.3. The largest absolute Gasteiger partial charge is 0.370 e. The van der Waals surface area contributed by atoms with Gasteiger partial charge in [-0.3, -0.25) is 14.6 Å². The lowest BCUT2D eigenvalue weighted by molar-refractivity contribution is 0.0779. The molecule has 0 N–H and O–H groups in total. The number of likely N-dealkylation sites (tertiary alicyclic amines) is 1. The Balaban J connectivity index is 1.44. The summed E-state index contributed by atoms with van der Waals surface area (Å²) in [7, 11) is 0. The van der Waals surface area contributed by atoms with Crippen LogP contribution in [0.5, 0.6) is 0 Å². The molecule has 0 unspecified atom stereocenters. The molecule has 6 nitrogen and oxygen atoms in total. The molecular formula is C22H25FN4O2. The summed E-state index contributed by atoms with van der Waals surface area (Å²) in [4.78, 5) is 34.0. The second-order valence-electron chi connectivity index (χ2n) is 8.58. The van der Waals surface area contributed by atoms with Gasteiger partial charge in [-0.1, -0.05) is 0 Å². The summed E-state index contributed by atoms with van der Waals surface area (Å²) in [5.74, 6) is 0.282. The van der Waals surface area contributed by atoms with E-state index in [0.717, 1.165) is 30.9 Å². The molecule has 0 saturated carbocycles. The van der Waals surface area contributed by atoms with Gasteiger partial charge >= 0.3 is 0 Å². The Morgan fingerprint density at radius 3 is 2.79 bits per heavy atom. The highest BCUT2D eigenvalue weighted by Gasteiger charge is 2.36. The van der Waals surface area contributed by atoms with Crippen LogP contribution in [-0.4, -0.2) is 52.7 Å². The number of aryl methyl sites for hydroxylation is 1. The lowest BCUT2D eigenvalue weighted by Gasteiger charge is -2.44. The molecule has 152 valence electrons. The number of nitrogens with zero attached hydrogens (tertiary/aromatic N) is 4. The van der Waals surface area contributed by atoms with Crippen molar-refractivity contribution in [1.82, 2.24) is 14.5 Å². The Labute approximate surface area is 169 Å². The average Bonchev–Trinajstić information content (AvgIpc) is 3.14. The average molecular weight is 396 g/mol. The molecule has 3 aliphatic rings. The molecule has 0 aromatic carbocycles. The molecule has 0 radical (unpaired) electrons. The number of hydrogen-bond acceptors (Lipinski definition) is 4. The predicted molar refractivity (Wildman–Crippen MR) is 108 cm³/mol.